The molecule has 0 bridgehead atoms. The van der Waals surface area contributed by atoms with Gasteiger partial charge in [0.1, 0.15) is 6.26 Å². The SMILES string of the molecule is CN/C(=C/[N+](=O)[O-])NCCCSCc1ccon1. The van der Waals surface area contributed by atoms with Crippen LogP contribution in [0.1, 0.15) is 12.1 Å². The minimum absolute atomic E-state index is 0.418. The molecule has 1 heterocycles. The van der Waals surface area contributed by atoms with Crippen LogP contribution in [0.5, 0.6) is 0 Å². The van der Waals surface area contributed by atoms with Gasteiger partial charge in [0.05, 0.1) is 10.6 Å². The monoisotopic (exact) mass is 272 g/mol. The second kappa shape index (κ2) is 8.40. The van der Waals surface area contributed by atoms with Crippen molar-refractivity contribution in [1.82, 2.24) is 15.8 Å². The van der Waals surface area contributed by atoms with Crippen molar-refractivity contribution in [2.75, 3.05) is 19.3 Å². The topological polar surface area (TPSA) is 93.2 Å². The van der Waals surface area contributed by atoms with Gasteiger partial charge in [0.2, 0.25) is 0 Å². The molecule has 18 heavy (non-hydrogen) atoms. The van der Waals surface area contributed by atoms with Crippen LogP contribution < -0.4 is 10.6 Å². The minimum atomic E-state index is -0.488. The third kappa shape index (κ3) is 6.14. The van der Waals surface area contributed by atoms with E-state index in [1.807, 2.05) is 6.07 Å². The molecule has 0 aromatic carbocycles. The van der Waals surface area contributed by atoms with E-state index in [1.165, 1.54) is 0 Å². The van der Waals surface area contributed by atoms with Crippen LogP contribution in [0.2, 0.25) is 0 Å². The predicted molar refractivity (Wildman–Crippen MR) is 69.4 cm³/mol. The first-order chi connectivity index (χ1) is 8.72. The van der Waals surface area contributed by atoms with Gasteiger partial charge in [-0.05, 0) is 12.2 Å². The summed E-state index contributed by atoms with van der Waals surface area (Å²) in [4.78, 5) is 9.78. The van der Waals surface area contributed by atoms with Crippen molar-refractivity contribution < 1.29 is 9.45 Å². The maximum absolute atomic E-state index is 10.3. The first-order valence-corrected chi connectivity index (χ1v) is 6.62. The molecule has 0 radical (unpaired) electrons. The van der Waals surface area contributed by atoms with Crippen LogP contribution in [-0.4, -0.2) is 29.4 Å². The normalized spacial score (nSPS) is 11.3. The van der Waals surface area contributed by atoms with Gasteiger partial charge in [-0.15, -0.1) is 0 Å². The summed E-state index contributed by atoms with van der Waals surface area (Å²) in [5.41, 5.74) is 0.928. The molecule has 0 saturated heterocycles. The van der Waals surface area contributed by atoms with E-state index in [0.29, 0.717) is 12.4 Å². The number of rotatable bonds is 9. The fourth-order valence-electron chi connectivity index (χ4n) is 1.19. The van der Waals surface area contributed by atoms with Gasteiger partial charge in [0.25, 0.3) is 6.20 Å². The molecule has 7 nitrogen and oxygen atoms in total. The molecule has 2 N–H and O–H groups in total. The summed E-state index contributed by atoms with van der Waals surface area (Å²) in [5, 5.41) is 19.7. The Balaban J connectivity index is 2.06. The van der Waals surface area contributed by atoms with Crippen LogP contribution in [0.4, 0.5) is 0 Å². The molecule has 0 unspecified atom stereocenters. The Morgan fingerprint density at radius 2 is 2.56 bits per heavy atom. The van der Waals surface area contributed by atoms with Gasteiger partial charge in [-0.1, -0.05) is 5.16 Å². The van der Waals surface area contributed by atoms with E-state index in [9.17, 15) is 10.1 Å². The third-order valence-corrected chi connectivity index (χ3v) is 3.10. The molecular weight excluding hydrogens is 256 g/mol. The fraction of sp³-hybridized carbons (Fsp3) is 0.500. The lowest BCUT2D eigenvalue weighted by molar-refractivity contribution is -0.404. The smallest absolute Gasteiger partial charge is 0.274 e. The molecule has 1 aromatic rings. The van der Waals surface area contributed by atoms with Crippen LogP contribution in [-0.2, 0) is 5.75 Å². The zero-order valence-electron chi connectivity index (χ0n) is 10.1. The highest BCUT2D eigenvalue weighted by molar-refractivity contribution is 7.98. The molecule has 1 rings (SSSR count). The van der Waals surface area contributed by atoms with E-state index in [4.69, 9.17) is 4.52 Å². The molecule has 0 aliphatic rings. The van der Waals surface area contributed by atoms with E-state index < -0.39 is 4.92 Å². The number of thioether (sulfide) groups is 1. The van der Waals surface area contributed by atoms with Crippen LogP contribution >= 0.6 is 11.8 Å². The van der Waals surface area contributed by atoms with Crippen molar-refractivity contribution in [1.29, 1.82) is 0 Å². The summed E-state index contributed by atoms with van der Waals surface area (Å²) in [7, 11) is 1.64. The maximum Gasteiger partial charge on any atom is 0.274 e. The van der Waals surface area contributed by atoms with Gasteiger partial charge in [0, 0.05) is 25.4 Å². The Morgan fingerprint density at radius 1 is 1.72 bits per heavy atom. The van der Waals surface area contributed by atoms with E-state index >= 15 is 0 Å². The van der Waals surface area contributed by atoms with Crippen molar-refractivity contribution in [3.8, 4) is 0 Å². The van der Waals surface area contributed by atoms with Gasteiger partial charge in [-0.3, -0.25) is 10.1 Å². The molecule has 0 fully saturated rings. The lowest BCUT2D eigenvalue weighted by Crippen LogP contribution is -2.25. The van der Waals surface area contributed by atoms with E-state index in [-0.39, 0.29) is 0 Å². The minimum Gasteiger partial charge on any atom is -0.370 e. The molecule has 0 atom stereocenters. The van der Waals surface area contributed by atoms with E-state index in [2.05, 4.69) is 15.8 Å². The van der Waals surface area contributed by atoms with E-state index in [1.54, 1.807) is 25.1 Å². The van der Waals surface area contributed by atoms with Crippen molar-refractivity contribution >= 4 is 11.8 Å². The molecule has 1 aromatic heterocycles. The average molecular weight is 272 g/mol. The molecule has 0 aliphatic heterocycles. The van der Waals surface area contributed by atoms with Crippen molar-refractivity contribution in [3.63, 3.8) is 0 Å². The van der Waals surface area contributed by atoms with E-state index in [0.717, 1.165) is 29.8 Å². The zero-order chi connectivity index (χ0) is 13.2. The van der Waals surface area contributed by atoms with Crippen LogP contribution in [0.15, 0.2) is 28.9 Å². The standard InChI is InChI=1S/C10H16N4O3S/c1-11-10(7-14(15)16)12-4-2-6-18-8-9-3-5-17-13-9/h3,5,7,11-12H,2,4,6,8H2,1H3/b10-7-. The first-order valence-electron chi connectivity index (χ1n) is 5.46. The Hall–Kier alpha value is -1.70. The molecule has 0 saturated carbocycles. The lowest BCUT2D eigenvalue weighted by Gasteiger charge is -2.07. The van der Waals surface area contributed by atoms with Crippen LogP contribution in [0.25, 0.3) is 0 Å². The molecule has 0 spiro atoms. The van der Waals surface area contributed by atoms with Gasteiger partial charge in [-0.25, -0.2) is 0 Å². The van der Waals surface area contributed by atoms with Crippen molar-refractivity contribution in [3.05, 3.63) is 40.2 Å². The first kappa shape index (κ1) is 14.4. The number of nitrogens with one attached hydrogen (secondary N) is 2. The molecule has 0 amide bonds. The molecule has 100 valence electrons. The number of nitrogens with zero attached hydrogens (tertiary/aromatic N) is 2. The molecular formula is C10H16N4O3S. The van der Waals surface area contributed by atoms with Crippen LogP contribution in [0.3, 0.4) is 0 Å². The summed E-state index contributed by atoms with van der Waals surface area (Å²) in [6, 6.07) is 1.84. The summed E-state index contributed by atoms with van der Waals surface area (Å²) in [6.07, 6.45) is 3.39. The fourth-order valence-corrected chi connectivity index (χ4v) is 2.04. The summed E-state index contributed by atoms with van der Waals surface area (Å²) in [5.74, 6) is 2.19. The summed E-state index contributed by atoms with van der Waals surface area (Å²) < 4.78 is 4.72. The Labute approximate surface area is 109 Å². The number of nitro groups is 1. The Morgan fingerprint density at radius 3 is 3.17 bits per heavy atom. The lowest BCUT2D eigenvalue weighted by atomic mass is 10.5. The highest BCUT2D eigenvalue weighted by Gasteiger charge is 2.00. The second-order valence-electron chi connectivity index (χ2n) is 3.40. The van der Waals surface area contributed by atoms with Crippen molar-refractivity contribution in [2.45, 2.75) is 12.2 Å². The Bertz CT molecular complexity index is 380. The number of aromatic nitrogens is 1. The highest BCUT2D eigenvalue weighted by Crippen LogP contribution is 2.10. The summed E-state index contributed by atoms with van der Waals surface area (Å²) in [6.45, 7) is 0.687. The highest BCUT2D eigenvalue weighted by atomic mass is 32.2. The zero-order valence-corrected chi connectivity index (χ0v) is 10.9. The van der Waals surface area contributed by atoms with Gasteiger partial charge >= 0.3 is 0 Å². The average Bonchev–Trinajstić information content (AvgIpc) is 2.84. The van der Waals surface area contributed by atoms with Gasteiger partial charge in [-0.2, -0.15) is 11.8 Å². The van der Waals surface area contributed by atoms with Gasteiger partial charge in [0.15, 0.2) is 5.82 Å². The quantitative estimate of drug-likeness (QED) is 0.396. The summed E-state index contributed by atoms with van der Waals surface area (Å²) >= 11 is 1.75. The molecule has 8 heteroatoms. The van der Waals surface area contributed by atoms with Gasteiger partial charge < -0.3 is 15.2 Å². The van der Waals surface area contributed by atoms with Crippen LogP contribution in [0, 0.1) is 10.1 Å². The maximum atomic E-state index is 10.3. The Kier molecular flexibility index (Phi) is 6.70. The second-order valence-corrected chi connectivity index (χ2v) is 4.51. The third-order valence-electron chi connectivity index (χ3n) is 2.03. The predicted octanol–water partition coefficient (Wildman–Crippen LogP) is 1.18. The number of hydrogen-bond donors (Lipinski definition) is 2. The van der Waals surface area contributed by atoms with Crippen molar-refractivity contribution in [2.24, 2.45) is 0 Å². The largest absolute Gasteiger partial charge is 0.370 e. The number of hydrogen-bond acceptors (Lipinski definition) is 7. The molecule has 0 aliphatic carbocycles.